The fraction of sp³-hybridized carbons (Fsp3) is 0.689. The van der Waals surface area contributed by atoms with Crippen LogP contribution in [0.15, 0.2) is 48.6 Å². The van der Waals surface area contributed by atoms with Gasteiger partial charge in [0.2, 0.25) is 5.91 Å². The van der Waals surface area contributed by atoms with Crippen LogP contribution >= 0.6 is 11.8 Å². The van der Waals surface area contributed by atoms with Crippen LogP contribution in [0.5, 0.6) is 5.75 Å². The van der Waals surface area contributed by atoms with Crippen molar-refractivity contribution in [1.82, 2.24) is 5.32 Å². The largest absolute Gasteiger partial charge is 0.494 e. The zero-order chi connectivity index (χ0) is 41.2. The van der Waals surface area contributed by atoms with Gasteiger partial charge in [0, 0.05) is 13.3 Å². The summed E-state index contributed by atoms with van der Waals surface area (Å²) in [6.07, 6.45) is 35.9. The SMILES string of the molecule is CCCCCCCCCCCC=CCC=CCCCC(=O)O.CCCCCCCCCCOc1cccc(C(=O)O)c1.CCSCCC(NC(C)=O)C(=O)O. The molecule has 0 saturated carbocycles. The van der Waals surface area contributed by atoms with Gasteiger partial charge < -0.3 is 25.4 Å². The molecule has 1 unspecified atom stereocenters. The molecule has 0 fully saturated rings. The van der Waals surface area contributed by atoms with Crippen LogP contribution in [0.1, 0.15) is 186 Å². The number of benzene rings is 1. The number of allylic oxidation sites excluding steroid dienone is 4. The van der Waals surface area contributed by atoms with E-state index in [-0.39, 0.29) is 17.9 Å². The van der Waals surface area contributed by atoms with Crippen molar-refractivity contribution in [2.24, 2.45) is 0 Å². The van der Waals surface area contributed by atoms with Crippen LogP contribution in [-0.4, -0.2) is 63.3 Å². The molecule has 316 valence electrons. The lowest BCUT2D eigenvalue weighted by atomic mass is 10.1. The lowest BCUT2D eigenvalue weighted by Gasteiger charge is -2.11. The van der Waals surface area contributed by atoms with E-state index in [0.29, 0.717) is 18.8 Å². The number of amides is 1. The van der Waals surface area contributed by atoms with E-state index >= 15 is 0 Å². The van der Waals surface area contributed by atoms with E-state index in [2.05, 4.69) is 43.5 Å². The predicted octanol–water partition coefficient (Wildman–Crippen LogP) is 12.3. The number of carboxylic acids is 3. The molecule has 0 aliphatic heterocycles. The fourth-order valence-electron chi connectivity index (χ4n) is 5.44. The normalized spacial score (nSPS) is 11.3. The van der Waals surface area contributed by atoms with Crippen molar-refractivity contribution >= 4 is 35.6 Å². The van der Waals surface area contributed by atoms with E-state index in [1.807, 2.05) is 6.92 Å². The molecule has 0 aliphatic rings. The minimum atomic E-state index is -0.966. The summed E-state index contributed by atoms with van der Waals surface area (Å²) in [5.41, 5.74) is 0.276. The highest BCUT2D eigenvalue weighted by Crippen LogP contribution is 2.15. The standard InChI is InChI=1S/C20H36O2.C17H26O3.C8H15NO3S/c1-2-3-4-5-6-7-8-9-10-11-12-13-14-15-16-17-18-19-20(21)22;1-2-3-4-5-6-7-8-9-13-20-16-12-10-11-15(14-16)17(18)19;1-3-13-5-4-7(8(11)12)9-6(2)10/h12-13,15-16H,2-11,14,17-19H2,1H3,(H,21,22);10-12,14H,2-9,13H2,1H3,(H,18,19);7H,3-5H2,1-2H3,(H,9,10)(H,11,12). The molecule has 1 atom stereocenters. The van der Waals surface area contributed by atoms with Gasteiger partial charge in [0.25, 0.3) is 0 Å². The number of ether oxygens (including phenoxy) is 1. The molecule has 1 amide bonds. The highest BCUT2D eigenvalue weighted by Gasteiger charge is 2.17. The van der Waals surface area contributed by atoms with Crippen molar-refractivity contribution in [2.45, 2.75) is 181 Å². The molecule has 0 aliphatic carbocycles. The maximum atomic E-state index is 10.8. The maximum Gasteiger partial charge on any atom is 0.335 e. The van der Waals surface area contributed by atoms with Gasteiger partial charge in [-0.25, -0.2) is 9.59 Å². The lowest BCUT2D eigenvalue weighted by molar-refractivity contribution is -0.141. The summed E-state index contributed by atoms with van der Waals surface area (Å²) in [5, 5.41) is 28.5. The van der Waals surface area contributed by atoms with Crippen molar-refractivity contribution in [2.75, 3.05) is 18.1 Å². The zero-order valence-electron chi connectivity index (χ0n) is 34.9. The molecule has 0 spiro atoms. The van der Waals surface area contributed by atoms with Gasteiger partial charge in [-0.2, -0.15) is 11.8 Å². The third-order valence-electron chi connectivity index (χ3n) is 8.62. The highest BCUT2D eigenvalue weighted by molar-refractivity contribution is 7.99. The van der Waals surface area contributed by atoms with Crippen LogP contribution in [0.4, 0.5) is 0 Å². The van der Waals surface area contributed by atoms with Crippen LogP contribution in [0.2, 0.25) is 0 Å². The van der Waals surface area contributed by atoms with Crippen LogP contribution in [0, 0.1) is 0 Å². The summed E-state index contributed by atoms with van der Waals surface area (Å²) in [7, 11) is 0. The molecule has 1 aromatic carbocycles. The minimum absolute atomic E-state index is 0.276. The zero-order valence-corrected chi connectivity index (χ0v) is 35.7. The third-order valence-corrected chi connectivity index (χ3v) is 9.55. The summed E-state index contributed by atoms with van der Waals surface area (Å²) in [4.78, 5) is 42.4. The molecule has 0 radical (unpaired) electrons. The Hall–Kier alpha value is -3.27. The number of carbonyl (C=O) groups is 4. The Kier molecular flexibility index (Phi) is 41.0. The van der Waals surface area contributed by atoms with Gasteiger partial charge >= 0.3 is 17.9 Å². The number of aliphatic carboxylic acids is 2. The Labute approximate surface area is 338 Å². The molecular weight excluding hydrogens is 715 g/mol. The third kappa shape index (κ3) is 41.7. The highest BCUT2D eigenvalue weighted by atomic mass is 32.2. The Morgan fingerprint density at radius 1 is 0.709 bits per heavy atom. The summed E-state index contributed by atoms with van der Waals surface area (Å²) in [6.45, 7) is 8.50. The topological polar surface area (TPSA) is 150 Å². The van der Waals surface area contributed by atoms with Crippen LogP contribution < -0.4 is 10.1 Å². The first kappa shape index (κ1) is 53.8. The molecule has 0 aromatic heterocycles. The van der Waals surface area contributed by atoms with Gasteiger partial charge in [0.05, 0.1) is 12.2 Å². The molecular formula is C45H77NO8S. The first-order valence-corrected chi connectivity index (χ1v) is 22.3. The molecule has 1 rings (SSSR count). The summed E-state index contributed by atoms with van der Waals surface area (Å²) >= 11 is 1.67. The van der Waals surface area contributed by atoms with Crippen molar-refractivity contribution < 1.29 is 39.2 Å². The molecule has 10 heteroatoms. The minimum Gasteiger partial charge on any atom is -0.494 e. The van der Waals surface area contributed by atoms with Gasteiger partial charge in [-0.3, -0.25) is 9.59 Å². The van der Waals surface area contributed by atoms with Gasteiger partial charge in [-0.15, -0.1) is 0 Å². The van der Waals surface area contributed by atoms with E-state index < -0.39 is 23.9 Å². The van der Waals surface area contributed by atoms with Crippen LogP contribution in [0.3, 0.4) is 0 Å². The van der Waals surface area contributed by atoms with Crippen molar-refractivity contribution in [1.29, 1.82) is 0 Å². The van der Waals surface area contributed by atoms with Gasteiger partial charge in [-0.05, 0) is 74.7 Å². The number of carboxylic acid groups (broad SMARTS) is 3. The quantitative estimate of drug-likeness (QED) is 0.0403. The molecule has 1 aromatic rings. The van der Waals surface area contributed by atoms with Crippen LogP contribution in [-0.2, 0) is 14.4 Å². The molecule has 0 heterocycles. The average molecular weight is 792 g/mol. The molecule has 0 saturated heterocycles. The number of thioether (sulfide) groups is 1. The van der Waals surface area contributed by atoms with Crippen molar-refractivity contribution in [3.8, 4) is 5.75 Å². The predicted molar refractivity (Wildman–Crippen MR) is 231 cm³/mol. The number of unbranched alkanes of at least 4 members (excludes halogenated alkanes) is 17. The first-order chi connectivity index (χ1) is 26.6. The smallest absolute Gasteiger partial charge is 0.335 e. The van der Waals surface area contributed by atoms with E-state index in [9.17, 15) is 19.2 Å². The Morgan fingerprint density at radius 3 is 1.73 bits per heavy atom. The second kappa shape index (κ2) is 41.9. The second-order valence-corrected chi connectivity index (χ2v) is 15.2. The molecule has 9 nitrogen and oxygen atoms in total. The number of hydrogen-bond donors (Lipinski definition) is 4. The van der Waals surface area contributed by atoms with Gasteiger partial charge in [0.15, 0.2) is 0 Å². The lowest BCUT2D eigenvalue weighted by Crippen LogP contribution is -2.39. The monoisotopic (exact) mass is 792 g/mol. The molecule has 0 bridgehead atoms. The van der Waals surface area contributed by atoms with E-state index in [1.54, 1.807) is 36.0 Å². The van der Waals surface area contributed by atoms with Crippen molar-refractivity contribution in [3.05, 3.63) is 54.1 Å². The maximum absolute atomic E-state index is 10.8. The number of hydrogen-bond acceptors (Lipinski definition) is 6. The second-order valence-electron chi connectivity index (χ2n) is 13.8. The number of rotatable bonds is 33. The number of carbonyl (C=O) groups excluding carboxylic acids is 1. The Balaban J connectivity index is 0. The Bertz CT molecular complexity index is 1140. The molecule has 55 heavy (non-hydrogen) atoms. The number of aromatic carboxylic acids is 1. The summed E-state index contributed by atoms with van der Waals surface area (Å²) < 4.78 is 5.58. The van der Waals surface area contributed by atoms with Gasteiger partial charge in [-0.1, -0.05) is 147 Å². The van der Waals surface area contributed by atoms with Crippen molar-refractivity contribution in [3.63, 3.8) is 0 Å². The summed E-state index contributed by atoms with van der Waals surface area (Å²) in [6, 6.07) is 5.93. The molecule has 4 N–H and O–H groups in total. The first-order valence-electron chi connectivity index (χ1n) is 21.1. The van der Waals surface area contributed by atoms with E-state index in [4.69, 9.17) is 20.1 Å². The van der Waals surface area contributed by atoms with E-state index in [1.165, 1.54) is 116 Å². The number of nitrogens with one attached hydrogen (secondary N) is 1. The van der Waals surface area contributed by atoms with Gasteiger partial charge in [0.1, 0.15) is 11.8 Å². The van der Waals surface area contributed by atoms with E-state index in [0.717, 1.165) is 37.2 Å². The summed E-state index contributed by atoms with van der Waals surface area (Å²) in [5.74, 6) is -0.509. The fourth-order valence-corrected chi connectivity index (χ4v) is 6.13. The average Bonchev–Trinajstić information content (AvgIpc) is 3.15. The Morgan fingerprint density at radius 2 is 1.24 bits per heavy atom. The van der Waals surface area contributed by atoms with Crippen LogP contribution in [0.25, 0.3) is 0 Å².